The zero-order valence-corrected chi connectivity index (χ0v) is 16.8. The van der Waals surface area contributed by atoms with Crippen molar-refractivity contribution in [3.63, 3.8) is 0 Å². The number of hydrogen-bond acceptors (Lipinski definition) is 6. The van der Waals surface area contributed by atoms with Crippen LogP contribution >= 0.6 is 34.9 Å². The van der Waals surface area contributed by atoms with Crippen molar-refractivity contribution in [1.29, 1.82) is 0 Å². The molecule has 0 bridgehead atoms. The molecule has 0 radical (unpaired) electrons. The van der Waals surface area contributed by atoms with E-state index in [9.17, 15) is 4.79 Å². The summed E-state index contributed by atoms with van der Waals surface area (Å²) in [7, 11) is 0. The van der Waals surface area contributed by atoms with E-state index in [4.69, 9.17) is 0 Å². The molecule has 0 aliphatic rings. The van der Waals surface area contributed by atoms with Crippen LogP contribution in [0.1, 0.15) is 18.1 Å². The lowest BCUT2D eigenvalue weighted by molar-refractivity contribution is -0.113. The lowest BCUT2D eigenvalue weighted by Crippen LogP contribution is -2.15. The summed E-state index contributed by atoms with van der Waals surface area (Å²) in [5, 5.41) is 11.3. The van der Waals surface area contributed by atoms with Crippen LogP contribution in [0, 0.1) is 0 Å². The number of carbonyl (C=O) groups is 1. The molecule has 0 saturated carbocycles. The summed E-state index contributed by atoms with van der Waals surface area (Å²) in [4.78, 5) is 12.3. The van der Waals surface area contributed by atoms with Crippen molar-refractivity contribution in [2.45, 2.75) is 22.0 Å². The largest absolute Gasteiger partial charge is 0.325 e. The number of nitrogens with zero attached hydrogens (tertiary/aromatic N) is 2. The Balaban J connectivity index is 1.58. The molecule has 4 nitrogen and oxygen atoms in total. The van der Waals surface area contributed by atoms with Gasteiger partial charge in [0.25, 0.3) is 0 Å². The van der Waals surface area contributed by atoms with Crippen molar-refractivity contribution in [2.75, 3.05) is 16.8 Å². The second-order valence-corrected chi connectivity index (χ2v) is 9.13. The first-order chi connectivity index (χ1) is 12.7. The van der Waals surface area contributed by atoms with Crippen molar-refractivity contribution >= 4 is 46.5 Å². The van der Waals surface area contributed by atoms with Gasteiger partial charge >= 0.3 is 0 Å². The van der Waals surface area contributed by atoms with E-state index in [1.807, 2.05) is 36.4 Å². The molecular weight excluding hydrogens is 382 g/mol. The average Bonchev–Trinajstić information content (AvgIpc) is 3.10. The molecule has 1 amide bonds. The van der Waals surface area contributed by atoms with Gasteiger partial charge < -0.3 is 5.32 Å². The van der Waals surface area contributed by atoms with Crippen molar-refractivity contribution in [1.82, 2.24) is 10.2 Å². The highest BCUT2D eigenvalue weighted by Crippen LogP contribution is 2.28. The molecule has 0 spiro atoms. The highest BCUT2D eigenvalue weighted by molar-refractivity contribution is 8.03. The van der Waals surface area contributed by atoms with Gasteiger partial charge in [-0.3, -0.25) is 4.79 Å². The summed E-state index contributed by atoms with van der Waals surface area (Å²) >= 11 is 4.63. The fraction of sp³-hybridized carbons (Fsp3) is 0.211. The van der Waals surface area contributed by atoms with E-state index in [-0.39, 0.29) is 5.91 Å². The predicted molar refractivity (Wildman–Crippen MR) is 111 cm³/mol. The van der Waals surface area contributed by atoms with Gasteiger partial charge in [0, 0.05) is 5.69 Å². The van der Waals surface area contributed by atoms with E-state index in [2.05, 4.69) is 40.6 Å². The van der Waals surface area contributed by atoms with Gasteiger partial charge in [-0.1, -0.05) is 90.3 Å². The molecule has 3 aromatic rings. The van der Waals surface area contributed by atoms with E-state index >= 15 is 0 Å². The molecule has 3 rings (SSSR count). The molecule has 0 atom stereocenters. The van der Waals surface area contributed by atoms with E-state index in [0.29, 0.717) is 5.75 Å². The second-order valence-electron chi connectivity index (χ2n) is 5.42. The molecule has 0 saturated heterocycles. The summed E-state index contributed by atoms with van der Waals surface area (Å²) in [6.45, 7) is 2.08. The maximum absolute atomic E-state index is 12.3. The maximum Gasteiger partial charge on any atom is 0.234 e. The summed E-state index contributed by atoms with van der Waals surface area (Å²) in [6, 6.07) is 18.2. The Labute approximate surface area is 165 Å². The van der Waals surface area contributed by atoms with Crippen LogP contribution in [0.2, 0.25) is 0 Å². The lowest BCUT2D eigenvalue weighted by atomic mass is 10.0. The first-order valence-corrected chi connectivity index (χ1v) is 11.0. The Hall–Kier alpha value is -1.83. The molecule has 26 heavy (non-hydrogen) atoms. The monoisotopic (exact) mass is 401 g/mol. The van der Waals surface area contributed by atoms with Crippen LogP contribution in [0.15, 0.2) is 63.3 Å². The Kier molecular flexibility index (Phi) is 7.11. The molecule has 1 N–H and O–H groups in total. The number of aromatic nitrogens is 2. The first kappa shape index (κ1) is 18.9. The SMILES string of the molecule is CCSc1nnc(SCC(=O)Nc2ccccc2Cc2ccccc2)s1. The average molecular weight is 402 g/mol. The minimum atomic E-state index is -0.0320. The van der Waals surface area contributed by atoms with E-state index in [1.54, 1.807) is 11.8 Å². The Morgan fingerprint density at radius 3 is 2.46 bits per heavy atom. The number of thioether (sulfide) groups is 2. The Bertz CT molecular complexity index is 852. The minimum absolute atomic E-state index is 0.0320. The van der Waals surface area contributed by atoms with Gasteiger partial charge in [0.05, 0.1) is 5.75 Å². The molecule has 0 unspecified atom stereocenters. The highest BCUT2D eigenvalue weighted by Gasteiger charge is 2.10. The van der Waals surface area contributed by atoms with Crippen LogP contribution in [0.25, 0.3) is 0 Å². The topological polar surface area (TPSA) is 54.9 Å². The van der Waals surface area contributed by atoms with Crippen LogP contribution in [-0.2, 0) is 11.2 Å². The van der Waals surface area contributed by atoms with Crippen LogP contribution in [-0.4, -0.2) is 27.6 Å². The fourth-order valence-electron chi connectivity index (χ4n) is 2.36. The molecule has 1 aromatic heterocycles. The smallest absolute Gasteiger partial charge is 0.234 e. The molecule has 1 heterocycles. The summed E-state index contributed by atoms with van der Waals surface area (Å²) in [6.07, 6.45) is 0.790. The summed E-state index contributed by atoms with van der Waals surface area (Å²) in [5.41, 5.74) is 3.19. The molecule has 0 fully saturated rings. The third kappa shape index (κ3) is 5.59. The molecule has 0 aliphatic carbocycles. The second kappa shape index (κ2) is 9.75. The number of nitrogens with one attached hydrogen (secondary N) is 1. The quantitative estimate of drug-likeness (QED) is 0.540. The van der Waals surface area contributed by atoms with E-state index in [1.165, 1.54) is 28.7 Å². The van der Waals surface area contributed by atoms with Crippen LogP contribution in [0.5, 0.6) is 0 Å². The van der Waals surface area contributed by atoms with Gasteiger partial charge in [0.2, 0.25) is 5.91 Å². The summed E-state index contributed by atoms with van der Waals surface area (Å²) in [5.74, 6) is 1.26. The van der Waals surface area contributed by atoms with Gasteiger partial charge in [-0.15, -0.1) is 10.2 Å². The van der Waals surface area contributed by atoms with E-state index in [0.717, 1.165) is 32.1 Å². The Morgan fingerprint density at radius 1 is 1.00 bits per heavy atom. The third-order valence-corrected chi connectivity index (χ3v) is 6.58. The van der Waals surface area contributed by atoms with Crippen molar-refractivity contribution in [3.05, 3.63) is 65.7 Å². The first-order valence-electron chi connectivity index (χ1n) is 8.25. The number of rotatable bonds is 8. The van der Waals surface area contributed by atoms with Crippen molar-refractivity contribution < 1.29 is 4.79 Å². The van der Waals surface area contributed by atoms with Crippen LogP contribution in [0.3, 0.4) is 0 Å². The standard InChI is InChI=1S/C19H19N3OS3/c1-2-24-18-21-22-19(26-18)25-13-17(23)20-16-11-7-6-10-15(16)12-14-8-4-3-5-9-14/h3-11H,2,12-13H2,1H3,(H,20,23). The number of amides is 1. The normalized spacial score (nSPS) is 10.7. The molecular formula is C19H19N3OS3. The fourth-order valence-corrected chi connectivity index (χ4v) is 5.08. The molecule has 7 heteroatoms. The number of carbonyl (C=O) groups excluding carboxylic acids is 1. The van der Waals surface area contributed by atoms with Gasteiger partial charge in [0.1, 0.15) is 0 Å². The third-order valence-electron chi connectivity index (χ3n) is 3.51. The zero-order valence-electron chi connectivity index (χ0n) is 14.3. The highest BCUT2D eigenvalue weighted by atomic mass is 32.2. The van der Waals surface area contributed by atoms with Gasteiger partial charge in [-0.25, -0.2) is 0 Å². The molecule has 2 aromatic carbocycles. The number of para-hydroxylation sites is 1. The number of hydrogen-bond donors (Lipinski definition) is 1. The van der Waals surface area contributed by atoms with Gasteiger partial charge in [-0.05, 0) is 29.4 Å². The Morgan fingerprint density at radius 2 is 1.69 bits per heavy atom. The van der Waals surface area contributed by atoms with Crippen LogP contribution < -0.4 is 5.32 Å². The number of anilines is 1. The predicted octanol–water partition coefficient (Wildman–Crippen LogP) is 4.97. The number of benzene rings is 2. The van der Waals surface area contributed by atoms with Gasteiger partial charge in [0.15, 0.2) is 8.68 Å². The molecule has 0 aliphatic heterocycles. The van der Waals surface area contributed by atoms with Gasteiger partial charge in [-0.2, -0.15) is 0 Å². The minimum Gasteiger partial charge on any atom is -0.325 e. The van der Waals surface area contributed by atoms with Crippen molar-refractivity contribution in [3.8, 4) is 0 Å². The maximum atomic E-state index is 12.3. The lowest BCUT2D eigenvalue weighted by Gasteiger charge is -2.11. The molecule has 134 valence electrons. The van der Waals surface area contributed by atoms with Crippen LogP contribution in [0.4, 0.5) is 5.69 Å². The summed E-state index contributed by atoms with van der Waals surface area (Å²) < 4.78 is 1.78. The zero-order chi connectivity index (χ0) is 18.2. The van der Waals surface area contributed by atoms with E-state index < -0.39 is 0 Å². The van der Waals surface area contributed by atoms with Crippen molar-refractivity contribution in [2.24, 2.45) is 0 Å².